The Balaban J connectivity index is 1.88. The molecule has 0 fully saturated rings. The number of hydrogen-bond acceptors (Lipinski definition) is 5. The predicted octanol–water partition coefficient (Wildman–Crippen LogP) is 4.86. The van der Waals surface area contributed by atoms with Crippen LogP contribution in [0.5, 0.6) is 0 Å². The standard InChI is InChI=1S/C23H26FN3O2S/c1-12(2)11-30-22-26-20-19(21(29)27-22)17(13-5-7-14(24)8-6-13)18-15(25-20)9-23(3,4)10-16(18)28/h5-8,12,17H,9-11H2,1-4H3,(H2,25,26,27,29)/t17-/m0/s1. The molecule has 1 aliphatic carbocycles. The van der Waals surface area contributed by atoms with E-state index in [9.17, 15) is 14.0 Å². The van der Waals surface area contributed by atoms with Gasteiger partial charge in [0.2, 0.25) is 0 Å². The molecule has 158 valence electrons. The van der Waals surface area contributed by atoms with Gasteiger partial charge in [-0.15, -0.1) is 0 Å². The minimum Gasteiger partial charge on any atom is -0.343 e. The first-order chi connectivity index (χ1) is 14.1. The third-order valence-corrected chi connectivity index (χ3v) is 6.76. The highest BCUT2D eigenvalue weighted by Gasteiger charge is 2.42. The number of nitrogens with one attached hydrogen (secondary N) is 2. The van der Waals surface area contributed by atoms with E-state index >= 15 is 0 Å². The van der Waals surface area contributed by atoms with Gasteiger partial charge in [0.25, 0.3) is 5.56 Å². The molecule has 1 aromatic carbocycles. The summed E-state index contributed by atoms with van der Waals surface area (Å²) in [5.74, 6) is 0.895. The summed E-state index contributed by atoms with van der Waals surface area (Å²) in [6.45, 7) is 8.35. The molecular formula is C23H26FN3O2S. The van der Waals surface area contributed by atoms with Crippen molar-refractivity contribution in [1.82, 2.24) is 9.97 Å². The van der Waals surface area contributed by atoms with Crippen LogP contribution in [0.4, 0.5) is 10.2 Å². The van der Waals surface area contributed by atoms with E-state index in [-0.39, 0.29) is 22.6 Å². The quantitative estimate of drug-likeness (QED) is 0.539. The van der Waals surface area contributed by atoms with E-state index in [2.05, 4.69) is 43.0 Å². The van der Waals surface area contributed by atoms with Gasteiger partial charge in [0, 0.05) is 29.4 Å². The van der Waals surface area contributed by atoms with Crippen LogP contribution in [-0.4, -0.2) is 21.5 Å². The second kappa shape index (κ2) is 7.69. The van der Waals surface area contributed by atoms with Gasteiger partial charge in [-0.2, -0.15) is 0 Å². The number of carbonyl (C=O) groups is 1. The molecule has 7 heteroatoms. The van der Waals surface area contributed by atoms with Gasteiger partial charge in [0.15, 0.2) is 10.9 Å². The summed E-state index contributed by atoms with van der Waals surface area (Å²) < 4.78 is 13.6. The predicted molar refractivity (Wildman–Crippen MR) is 117 cm³/mol. The monoisotopic (exact) mass is 427 g/mol. The van der Waals surface area contributed by atoms with Crippen molar-refractivity contribution in [3.05, 3.63) is 62.8 Å². The molecule has 0 spiro atoms. The van der Waals surface area contributed by atoms with Gasteiger partial charge in [-0.3, -0.25) is 9.59 Å². The zero-order valence-electron chi connectivity index (χ0n) is 17.6. The zero-order valence-corrected chi connectivity index (χ0v) is 18.5. The van der Waals surface area contributed by atoms with E-state index in [4.69, 9.17) is 0 Å². The van der Waals surface area contributed by atoms with Crippen molar-refractivity contribution < 1.29 is 9.18 Å². The number of thioether (sulfide) groups is 1. The fraction of sp³-hybridized carbons (Fsp3) is 0.435. The van der Waals surface area contributed by atoms with E-state index in [0.29, 0.717) is 40.9 Å². The molecule has 2 aromatic rings. The fourth-order valence-corrected chi connectivity index (χ4v) is 5.01. The van der Waals surface area contributed by atoms with Gasteiger partial charge in [0.05, 0.1) is 5.56 Å². The van der Waals surface area contributed by atoms with Crippen LogP contribution in [0.15, 0.2) is 45.5 Å². The van der Waals surface area contributed by atoms with Gasteiger partial charge < -0.3 is 10.3 Å². The smallest absolute Gasteiger partial charge is 0.257 e. The Kier molecular flexibility index (Phi) is 5.34. The number of halogens is 1. The maximum absolute atomic E-state index is 13.6. The molecule has 0 saturated carbocycles. The number of carbonyl (C=O) groups excluding carboxylic acids is 1. The number of H-pyrrole nitrogens is 1. The average molecular weight is 428 g/mol. The summed E-state index contributed by atoms with van der Waals surface area (Å²) in [5.41, 5.74) is 2.11. The van der Waals surface area contributed by atoms with Crippen LogP contribution in [-0.2, 0) is 4.79 Å². The van der Waals surface area contributed by atoms with Gasteiger partial charge in [0.1, 0.15) is 11.6 Å². The lowest BCUT2D eigenvalue weighted by Crippen LogP contribution is -2.37. The highest BCUT2D eigenvalue weighted by Crippen LogP contribution is 2.47. The van der Waals surface area contributed by atoms with Crippen molar-refractivity contribution in [1.29, 1.82) is 0 Å². The van der Waals surface area contributed by atoms with Crippen LogP contribution in [0.3, 0.4) is 0 Å². The number of Topliss-reactive ketones (excluding diaryl/α,β-unsaturated/α-hetero) is 1. The summed E-state index contributed by atoms with van der Waals surface area (Å²) in [6.07, 6.45) is 1.10. The number of aromatic nitrogens is 2. The molecule has 0 bridgehead atoms. The van der Waals surface area contributed by atoms with Crippen LogP contribution < -0.4 is 10.9 Å². The number of ketones is 1. The molecule has 2 heterocycles. The number of rotatable bonds is 4. The highest BCUT2D eigenvalue weighted by atomic mass is 32.2. The van der Waals surface area contributed by atoms with E-state index < -0.39 is 5.92 Å². The highest BCUT2D eigenvalue weighted by molar-refractivity contribution is 7.99. The van der Waals surface area contributed by atoms with Gasteiger partial charge in [-0.25, -0.2) is 9.37 Å². The average Bonchev–Trinajstić information content (AvgIpc) is 2.64. The maximum atomic E-state index is 13.6. The Labute approximate surface area is 179 Å². The van der Waals surface area contributed by atoms with E-state index in [1.807, 2.05) is 0 Å². The number of hydrogen-bond donors (Lipinski definition) is 2. The molecule has 0 saturated heterocycles. The van der Waals surface area contributed by atoms with Crippen molar-refractivity contribution in [2.24, 2.45) is 11.3 Å². The second-order valence-electron chi connectivity index (χ2n) is 9.28. The van der Waals surface area contributed by atoms with E-state index in [0.717, 1.165) is 17.0 Å². The lowest BCUT2D eigenvalue weighted by atomic mass is 9.69. The van der Waals surface area contributed by atoms with Gasteiger partial charge >= 0.3 is 0 Å². The number of aromatic amines is 1. The number of nitrogens with zero attached hydrogens (tertiary/aromatic N) is 1. The number of allylic oxidation sites excluding steroid dienone is 2. The van der Waals surface area contributed by atoms with Crippen LogP contribution >= 0.6 is 11.8 Å². The Hall–Kier alpha value is -2.41. The van der Waals surface area contributed by atoms with Crippen LogP contribution in [0.25, 0.3) is 0 Å². The Morgan fingerprint density at radius 2 is 1.90 bits per heavy atom. The number of fused-ring (bicyclic) bond motifs is 1. The first-order valence-electron chi connectivity index (χ1n) is 10.2. The summed E-state index contributed by atoms with van der Waals surface area (Å²) in [6, 6.07) is 6.02. The molecule has 0 radical (unpaired) electrons. The van der Waals surface area contributed by atoms with Crippen molar-refractivity contribution in [3.8, 4) is 0 Å². The summed E-state index contributed by atoms with van der Waals surface area (Å²) in [4.78, 5) is 33.8. The third kappa shape index (κ3) is 3.95. The SMILES string of the molecule is CC(C)CSc1nc2c(c(=O)[nH]1)[C@@H](c1ccc(F)cc1)C1=C(CC(C)(C)CC1=O)N2. The normalized spacial score (nSPS) is 20.1. The fourth-order valence-electron chi connectivity index (χ4n) is 4.20. The number of benzene rings is 1. The van der Waals surface area contributed by atoms with Crippen LogP contribution in [0, 0.1) is 17.2 Å². The molecule has 2 aliphatic rings. The van der Waals surface area contributed by atoms with Crippen molar-refractivity contribution in [3.63, 3.8) is 0 Å². The Bertz CT molecular complexity index is 1090. The van der Waals surface area contributed by atoms with Crippen LogP contribution in [0.1, 0.15) is 57.6 Å². The first kappa shape index (κ1) is 20.8. The third-order valence-electron chi connectivity index (χ3n) is 5.46. The van der Waals surface area contributed by atoms with Gasteiger partial charge in [-0.1, -0.05) is 51.6 Å². The minimum atomic E-state index is -0.555. The Morgan fingerprint density at radius 3 is 2.57 bits per heavy atom. The summed E-state index contributed by atoms with van der Waals surface area (Å²) in [7, 11) is 0. The lowest BCUT2D eigenvalue weighted by molar-refractivity contribution is -0.118. The minimum absolute atomic E-state index is 0.0198. The number of anilines is 1. The lowest BCUT2D eigenvalue weighted by Gasteiger charge is -2.38. The van der Waals surface area contributed by atoms with E-state index in [1.54, 1.807) is 12.1 Å². The summed E-state index contributed by atoms with van der Waals surface area (Å²) >= 11 is 1.50. The molecule has 0 amide bonds. The molecule has 4 rings (SSSR count). The molecule has 5 nitrogen and oxygen atoms in total. The Morgan fingerprint density at radius 1 is 1.20 bits per heavy atom. The molecule has 1 atom stereocenters. The molecule has 0 unspecified atom stereocenters. The molecule has 2 N–H and O–H groups in total. The van der Waals surface area contributed by atoms with Crippen LogP contribution in [0.2, 0.25) is 0 Å². The van der Waals surface area contributed by atoms with E-state index in [1.165, 1.54) is 23.9 Å². The topological polar surface area (TPSA) is 74.8 Å². The molecule has 1 aromatic heterocycles. The molecular weight excluding hydrogens is 401 g/mol. The first-order valence-corrected chi connectivity index (χ1v) is 11.2. The largest absolute Gasteiger partial charge is 0.343 e. The van der Waals surface area contributed by atoms with Crippen molar-refractivity contribution >= 4 is 23.4 Å². The second-order valence-corrected chi connectivity index (χ2v) is 10.3. The maximum Gasteiger partial charge on any atom is 0.257 e. The molecule has 30 heavy (non-hydrogen) atoms. The molecule has 1 aliphatic heterocycles. The summed E-state index contributed by atoms with van der Waals surface area (Å²) in [5, 5.41) is 3.86. The van der Waals surface area contributed by atoms with Gasteiger partial charge in [-0.05, 0) is 35.4 Å². The zero-order chi connectivity index (χ0) is 21.6. The van der Waals surface area contributed by atoms with Crippen molar-refractivity contribution in [2.75, 3.05) is 11.1 Å². The van der Waals surface area contributed by atoms with Crippen molar-refractivity contribution in [2.45, 2.75) is 51.6 Å².